The minimum Gasteiger partial charge on any atom is -0.350 e. The minimum atomic E-state index is -0.162. The second-order valence-electron chi connectivity index (χ2n) is 10.4. The van der Waals surface area contributed by atoms with Gasteiger partial charge in [-0.1, -0.05) is 12.1 Å². The summed E-state index contributed by atoms with van der Waals surface area (Å²) in [5, 5.41) is 7.46. The SMILES string of the molecule is Cc1nc2ccc(NC(=O)c3ccccc3SCC(=O)NC34CC5CC(CC(C5)C3)C4)cc2s1. The van der Waals surface area contributed by atoms with Crippen molar-refractivity contribution in [2.75, 3.05) is 11.1 Å². The summed E-state index contributed by atoms with van der Waals surface area (Å²) in [6, 6.07) is 13.3. The van der Waals surface area contributed by atoms with Gasteiger partial charge in [0.05, 0.1) is 26.5 Å². The number of nitrogens with one attached hydrogen (secondary N) is 2. The van der Waals surface area contributed by atoms with E-state index in [1.807, 2.05) is 49.4 Å². The number of aryl methyl sites for hydroxylation is 1. The van der Waals surface area contributed by atoms with Gasteiger partial charge in [-0.05, 0) is 93.5 Å². The number of aromatic nitrogens is 1. The lowest BCUT2D eigenvalue weighted by molar-refractivity contribution is -0.124. The van der Waals surface area contributed by atoms with Crippen LogP contribution in [0.1, 0.15) is 53.9 Å². The van der Waals surface area contributed by atoms with Crippen molar-refractivity contribution in [2.45, 2.75) is 55.9 Å². The molecule has 1 heterocycles. The van der Waals surface area contributed by atoms with Gasteiger partial charge in [-0.2, -0.15) is 0 Å². The fourth-order valence-corrected chi connectivity index (χ4v) is 8.55. The summed E-state index contributed by atoms with van der Waals surface area (Å²) in [5.41, 5.74) is 2.31. The van der Waals surface area contributed by atoms with Crippen molar-refractivity contribution in [3.63, 3.8) is 0 Å². The molecule has 4 aliphatic carbocycles. The number of fused-ring (bicyclic) bond motifs is 1. The topological polar surface area (TPSA) is 71.1 Å². The normalized spacial score (nSPS) is 27.1. The largest absolute Gasteiger partial charge is 0.350 e. The van der Waals surface area contributed by atoms with E-state index in [0.29, 0.717) is 11.3 Å². The summed E-state index contributed by atoms with van der Waals surface area (Å²) in [7, 11) is 0. The fourth-order valence-electron chi connectivity index (χ4n) is 6.83. The van der Waals surface area contributed by atoms with Gasteiger partial charge in [0, 0.05) is 16.1 Å². The van der Waals surface area contributed by atoms with Gasteiger partial charge in [0.25, 0.3) is 5.91 Å². The molecule has 0 saturated heterocycles. The number of anilines is 1. The highest BCUT2D eigenvalue weighted by Crippen LogP contribution is 2.55. The van der Waals surface area contributed by atoms with Crippen LogP contribution in [0, 0.1) is 24.7 Å². The zero-order valence-electron chi connectivity index (χ0n) is 19.3. The van der Waals surface area contributed by atoms with Crippen molar-refractivity contribution in [3.8, 4) is 0 Å². The van der Waals surface area contributed by atoms with Crippen LogP contribution in [0.4, 0.5) is 5.69 Å². The van der Waals surface area contributed by atoms with Crippen molar-refractivity contribution < 1.29 is 9.59 Å². The second kappa shape index (κ2) is 8.68. The lowest BCUT2D eigenvalue weighted by Crippen LogP contribution is -2.60. The molecule has 0 spiro atoms. The van der Waals surface area contributed by atoms with Gasteiger partial charge in [0.2, 0.25) is 5.91 Å². The lowest BCUT2D eigenvalue weighted by Gasteiger charge is -2.56. The Morgan fingerprint density at radius 2 is 1.76 bits per heavy atom. The zero-order valence-corrected chi connectivity index (χ0v) is 20.9. The first-order valence-electron chi connectivity index (χ1n) is 12.2. The molecule has 2 N–H and O–H groups in total. The summed E-state index contributed by atoms with van der Waals surface area (Å²) in [6.45, 7) is 1.98. The van der Waals surface area contributed by atoms with Crippen LogP contribution >= 0.6 is 23.1 Å². The minimum absolute atomic E-state index is 0.0247. The third-order valence-corrected chi connectivity index (χ3v) is 9.69. The zero-order chi connectivity index (χ0) is 23.3. The van der Waals surface area contributed by atoms with Crippen LogP contribution in [-0.2, 0) is 4.79 Å². The third kappa shape index (κ3) is 4.36. The maximum atomic E-state index is 13.1. The van der Waals surface area contributed by atoms with Gasteiger partial charge in [-0.3, -0.25) is 9.59 Å². The summed E-state index contributed by atoms with van der Waals surface area (Å²) in [6.07, 6.45) is 7.54. The number of hydrogen-bond acceptors (Lipinski definition) is 5. The highest BCUT2D eigenvalue weighted by Gasteiger charge is 2.51. The van der Waals surface area contributed by atoms with Crippen LogP contribution in [-0.4, -0.2) is 28.1 Å². The maximum Gasteiger partial charge on any atom is 0.256 e. The monoisotopic (exact) mass is 491 g/mol. The van der Waals surface area contributed by atoms with E-state index in [1.165, 1.54) is 31.0 Å². The Labute approximate surface area is 208 Å². The lowest BCUT2D eigenvalue weighted by atomic mass is 9.53. The Morgan fingerprint density at radius 3 is 2.50 bits per heavy atom. The van der Waals surface area contributed by atoms with Gasteiger partial charge < -0.3 is 10.6 Å². The molecule has 4 fully saturated rings. The molecule has 2 aromatic carbocycles. The van der Waals surface area contributed by atoms with E-state index in [1.54, 1.807) is 11.3 Å². The predicted octanol–water partition coefficient (Wildman–Crippen LogP) is 6.03. The number of nitrogens with zero attached hydrogens (tertiary/aromatic N) is 1. The number of amides is 2. The van der Waals surface area contributed by atoms with Gasteiger partial charge in [0.15, 0.2) is 0 Å². The Hall–Kier alpha value is -2.38. The van der Waals surface area contributed by atoms with Crippen molar-refractivity contribution in [1.29, 1.82) is 0 Å². The Morgan fingerprint density at radius 1 is 1.06 bits per heavy atom. The van der Waals surface area contributed by atoms with Crippen molar-refractivity contribution >= 4 is 50.8 Å². The first kappa shape index (κ1) is 22.1. The van der Waals surface area contributed by atoms with E-state index in [0.717, 1.165) is 62.8 Å². The number of carbonyl (C=O) groups is 2. The highest BCUT2D eigenvalue weighted by atomic mass is 32.2. The van der Waals surface area contributed by atoms with E-state index in [4.69, 9.17) is 0 Å². The average molecular weight is 492 g/mol. The number of hydrogen-bond donors (Lipinski definition) is 2. The standard InChI is InChI=1S/C27H29N3O2S2/c1-16-28-22-7-6-20(11-24(22)34-16)29-26(32)21-4-2-3-5-23(21)33-15-25(31)30-27-12-17-8-18(13-27)10-19(9-17)14-27/h2-7,11,17-19H,8-10,12-15H2,1H3,(H,29,32)(H,30,31). The summed E-state index contributed by atoms with van der Waals surface area (Å²) in [5.74, 6) is 2.67. The molecular weight excluding hydrogens is 462 g/mol. The first-order chi connectivity index (χ1) is 16.4. The molecule has 0 unspecified atom stereocenters. The maximum absolute atomic E-state index is 13.1. The number of thiazole rings is 1. The van der Waals surface area contributed by atoms with Crippen molar-refractivity contribution in [2.24, 2.45) is 17.8 Å². The van der Waals surface area contributed by atoms with Crippen LogP contribution in [0.15, 0.2) is 47.4 Å². The van der Waals surface area contributed by atoms with E-state index < -0.39 is 0 Å². The van der Waals surface area contributed by atoms with Crippen LogP contribution in [0.5, 0.6) is 0 Å². The average Bonchev–Trinajstić information content (AvgIpc) is 3.16. The summed E-state index contributed by atoms with van der Waals surface area (Å²) < 4.78 is 1.05. The van der Waals surface area contributed by atoms with Gasteiger partial charge >= 0.3 is 0 Å². The molecule has 4 bridgehead atoms. The summed E-state index contributed by atoms with van der Waals surface area (Å²) in [4.78, 5) is 31.4. The quantitative estimate of drug-likeness (QED) is 0.413. The van der Waals surface area contributed by atoms with E-state index in [2.05, 4.69) is 15.6 Å². The molecule has 176 valence electrons. The second-order valence-corrected chi connectivity index (χ2v) is 12.7. The van der Waals surface area contributed by atoms with Gasteiger partial charge in [-0.25, -0.2) is 4.98 Å². The molecule has 0 radical (unpaired) electrons. The smallest absolute Gasteiger partial charge is 0.256 e. The summed E-state index contributed by atoms with van der Waals surface area (Å²) >= 11 is 3.06. The molecular formula is C27H29N3O2S2. The molecule has 0 atom stereocenters. The third-order valence-electron chi connectivity index (χ3n) is 7.69. The number of rotatable bonds is 6. The molecule has 34 heavy (non-hydrogen) atoms. The van der Waals surface area contributed by atoms with Crippen LogP contribution in [0.3, 0.4) is 0 Å². The van der Waals surface area contributed by atoms with Gasteiger partial charge in [-0.15, -0.1) is 23.1 Å². The number of benzene rings is 2. The molecule has 7 rings (SSSR count). The fraction of sp³-hybridized carbons (Fsp3) is 0.444. The molecule has 0 aliphatic heterocycles. The van der Waals surface area contributed by atoms with Crippen molar-refractivity contribution in [3.05, 3.63) is 53.0 Å². The Balaban J connectivity index is 1.11. The molecule has 2 amide bonds. The Kier molecular flexibility index (Phi) is 5.65. The van der Waals surface area contributed by atoms with E-state index >= 15 is 0 Å². The molecule has 7 heteroatoms. The first-order valence-corrected chi connectivity index (χ1v) is 14.0. The van der Waals surface area contributed by atoms with Crippen molar-refractivity contribution in [1.82, 2.24) is 10.3 Å². The highest BCUT2D eigenvalue weighted by molar-refractivity contribution is 8.00. The molecule has 4 saturated carbocycles. The predicted molar refractivity (Wildman–Crippen MR) is 139 cm³/mol. The molecule has 5 nitrogen and oxygen atoms in total. The van der Waals surface area contributed by atoms with Gasteiger partial charge in [0.1, 0.15) is 0 Å². The van der Waals surface area contributed by atoms with Crippen LogP contribution < -0.4 is 10.6 Å². The van der Waals surface area contributed by atoms with Crippen LogP contribution in [0.25, 0.3) is 10.2 Å². The molecule has 1 aromatic heterocycles. The number of carbonyl (C=O) groups excluding carboxylic acids is 2. The molecule has 3 aromatic rings. The molecule has 4 aliphatic rings. The Bertz CT molecular complexity index is 1230. The van der Waals surface area contributed by atoms with E-state index in [9.17, 15) is 9.59 Å². The van der Waals surface area contributed by atoms with Crippen LogP contribution in [0.2, 0.25) is 0 Å². The number of thioether (sulfide) groups is 1. The van der Waals surface area contributed by atoms with E-state index in [-0.39, 0.29) is 17.4 Å².